The number of anilines is 3. The summed E-state index contributed by atoms with van der Waals surface area (Å²) >= 11 is 13.0. The molecule has 2 fully saturated rings. The molecule has 3 aromatic rings. The normalized spacial score (nSPS) is 16.1. The van der Waals surface area contributed by atoms with Crippen LogP contribution in [0.2, 0.25) is 10.0 Å². The van der Waals surface area contributed by atoms with Gasteiger partial charge in [-0.25, -0.2) is 0 Å². The Kier molecular flexibility index (Phi) is 8.02. The number of carbonyl (C=O) groups excluding carboxylic acids is 1. The fourth-order valence-corrected chi connectivity index (χ4v) is 5.60. The number of nitrogens with zero attached hydrogens (tertiary/aromatic N) is 4. The standard InChI is InChI=1S/C28H29Cl2N5O3/c29-24-6-2-1-5-20(24)19-32-13-15-34(16-14-32)27-9-7-21(17-25(27)30)31-28(36)23-18-22(35(37)38)8-10-26(23)33-11-3-4-12-33/h1-2,5-10,17-18H,3-4,11-16,19H2,(H,31,36). The zero-order chi connectivity index (χ0) is 26.6. The summed E-state index contributed by atoms with van der Waals surface area (Å²) in [5, 5.41) is 15.6. The molecule has 1 N–H and O–H groups in total. The molecule has 10 heteroatoms. The number of amides is 1. The van der Waals surface area contributed by atoms with E-state index >= 15 is 0 Å². The maximum Gasteiger partial charge on any atom is 0.270 e. The van der Waals surface area contributed by atoms with E-state index in [4.69, 9.17) is 23.2 Å². The summed E-state index contributed by atoms with van der Waals surface area (Å²) in [6, 6.07) is 17.8. The predicted octanol–water partition coefficient (Wildman–Crippen LogP) is 6.08. The number of carbonyl (C=O) groups is 1. The van der Waals surface area contributed by atoms with E-state index in [1.54, 1.807) is 12.1 Å². The molecule has 38 heavy (non-hydrogen) atoms. The lowest BCUT2D eigenvalue weighted by molar-refractivity contribution is -0.384. The van der Waals surface area contributed by atoms with Crippen LogP contribution in [-0.2, 0) is 6.54 Å². The quantitative estimate of drug-likeness (QED) is 0.282. The van der Waals surface area contributed by atoms with E-state index in [-0.39, 0.29) is 11.3 Å². The molecule has 1 amide bonds. The lowest BCUT2D eigenvalue weighted by Crippen LogP contribution is -2.46. The average Bonchev–Trinajstić information content (AvgIpc) is 3.45. The van der Waals surface area contributed by atoms with Crippen LogP contribution < -0.4 is 15.1 Å². The molecule has 0 atom stereocenters. The third-order valence-electron chi connectivity index (χ3n) is 7.15. The van der Waals surface area contributed by atoms with E-state index in [0.29, 0.717) is 16.4 Å². The largest absolute Gasteiger partial charge is 0.371 e. The average molecular weight is 554 g/mol. The Labute approximate surface area is 231 Å². The van der Waals surface area contributed by atoms with Crippen molar-refractivity contribution in [3.8, 4) is 0 Å². The van der Waals surface area contributed by atoms with E-state index in [9.17, 15) is 14.9 Å². The topological polar surface area (TPSA) is 82.0 Å². The van der Waals surface area contributed by atoms with Crippen LogP contribution in [0.1, 0.15) is 28.8 Å². The summed E-state index contributed by atoms with van der Waals surface area (Å²) in [6.07, 6.45) is 2.06. The van der Waals surface area contributed by atoms with Gasteiger partial charge in [0.25, 0.3) is 11.6 Å². The number of nitro groups is 1. The van der Waals surface area contributed by atoms with Crippen LogP contribution in [0.5, 0.6) is 0 Å². The highest BCUT2D eigenvalue weighted by Gasteiger charge is 2.24. The molecular weight excluding hydrogens is 525 g/mol. The number of halogens is 2. The minimum atomic E-state index is -0.482. The molecule has 0 radical (unpaired) electrons. The van der Waals surface area contributed by atoms with E-state index in [1.165, 1.54) is 12.1 Å². The molecule has 0 bridgehead atoms. The molecule has 2 heterocycles. The highest BCUT2D eigenvalue weighted by Crippen LogP contribution is 2.32. The van der Waals surface area contributed by atoms with Crippen molar-refractivity contribution in [3.05, 3.63) is 92.0 Å². The van der Waals surface area contributed by atoms with Crippen molar-refractivity contribution >= 4 is 51.9 Å². The minimum Gasteiger partial charge on any atom is -0.371 e. The van der Waals surface area contributed by atoms with Gasteiger partial charge in [-0.1, -0.05) is 41.4 Å². The first-order valence-electron chi connectivity index (χ1n) is 12.7. The first-order chi connectivity index (χ1) is 18.4. The van der Waals surface area contributed by atoms with Gasteiger partial charge >= 0.3 is 0 Å². The Hall–Kier alpha value is -3.33. The fourth-order valence-electron chi connectivity index (χ4n) is 5.11. The molecule has 8 nitrogen and oxygen atoms in total. The SMILES string of the molecule is O=C(Nc1ccc(N2CCN(Cc3ccccc3Cl)CC2)c(Cl)c1)c1cc([N+](=O)[O-])ccc1N1CCCC1. The summed E-state index contributed by atoms with van der Waals surface area (Å²) in [6.45, 7) is 5.86. The number of nitro benzene ring substituents is 1. The molecule has 0 spiro atoms. The highest BCUT2D eigenvalue weighted by molar-refractivity contribution is 6.33. The van der Waals surface area contributed by atoms with Crippen molar-refractivity contribution in [3.63, 3.8) is 0 Å². The van der Waals surface area contributed by atoms with E-state index in [2.05, 4.69) is 26.1 Å². The summed E-state index contributed by atoms with van der Waals surface area (Å²) in [5.74, 6) is -0.396. The van der Waals surface area contributed by atoms with Gasteiger partial charge in [0.05, 0.1) is 26.9 Å². The molecule has 0 aliphatic carbocycles. The molecule has 2 aliphatic rings. The van der Waals surface area contributed by atoms with E-state index in [0.717, 1.165) is 74.9 Å². The van der Waals surface area contributed by atoms with E-state index in [1.807, 2.05) is 30.3 Å². The van der Waals surface area contributed by atoms with Crippen LogP contribution in [0.3, 0.4) is 0 Å². The van der Waals surface area contributed by atoms with Crippen molar-refractivity contribution in [2.24, 2.45) is 0 Å². The molecule has 0 saturated carbocycles. The third kappa shape index (κ3) is 5.88. The Morgan fingerprint density at radius 2 is 1.53 bits per heavy atom. The number of non-ortho nitro benzene ring substituents is 1. The Morgan fingerprint density at radius 3 is 2.21 bits per heavy atom. The summed E-state index contributed by atoms with van der Waals surface area (Å²) in [5.41, 5.74) is 3.46. The van der Waals surface area contributed by atoms with Crippen molar-refractivity contribution in [2.45, 2.75) is 19.4 Å². The number of hydrogen-bond acceptors (Lipinski definition) is 6. The number of rotatable bonds is 7. The number of piperazine rings is 1. The Balaban J connectivity index is 1.25. The molecule has 2 aliphatic heterocycles. The van der Waals surface area contributed by atoms with Gasteiger partial charge in [-0.05, 0) is 48.7 Å². The predicted molar refractivity (Wildman–Crippen MR) is 153 cm³/mol. The second-order valence-electron chi connectivity index (χ2n) is 9.63. The van der Waals surface area contributed by atoms with Crippen LogP contribution >= 0.6 is 23.2 Å². The summed E-state index contributed by atoms with van der Waals surface area (Å²) in [4.78, 5) is 30.8. The number of benzene rings is 3. The Bertz CT molecular complexity index is 1340. The molecular formula is C28H29Cl2N5O3. The first-order valence-corrected chi connectivity index (χ1v) is 13.5. The zero-order valence-electron chi connectivity index (χ0n) is 20.9. The van der Waals surface area contributed by atoms with Crippen LogP contribution in [0.4, 0.5) is 22.7 Å². The molecule has 2 saturated heterocycles. The van der Waals surface area contributed by atoms with Crippen molar-refractivity contribution in [2.75, 3.05) is 54.4 Å². The zero-order valence-corrected chi connectivity index (χ0v) is 22.4. The Morgan fingerprint density at radius 1 is 0.842 bits per heavy atom. The van der Waals surface area contributed by atoms with Gasteiger partial charge in [0.1, 0.15) is 0 Å². The number of nitrogens with one attached hydrogen (secondary N) is 1. The molecule has 0 unspecified atom stereocenters. The maximum atomic E-state index is 13.2. The lowest BCUT2D eigenvalue weighted by atomic mass is 10.1. The summed E-state index contributed by atoms with van der Waals surface area (Å²) in [7, 11) is 0. The van der Waals surface area contributed by atoms with Crippen LogP contribution in [0, 0.1) is 10.1 Å². The van der Waals surface area contributed by atoms with Gasteiger partial charge in [-0.3, -0.25) is 19.8 Å². The number of hydrogen-bond donors (Lipinski definition) is 1. The van der Waals surface area contributed by atoms with Crippen LogP contribution in [0.15, 0.2) is 60.7 Å². The van der Waals surface area contributed by atoms with Crippen molar-refractivity contribution in [1.82, 2.24) is 4.90 Å². The smallest absolute Gasteiger partial charge is 0.270 e. The van der Waals surface area contributed by atoms with Gasteiger partial charge in [0.15, 0.2) is 0 Å². The maximum absolute atomic E-state index is 13.2. The lowest BCUT2D eigenvalue weighted by Gasteiger charge is -2.36. The molecule has 0 aromatic heterocycles. The van der Waals surface area contributed by atoms with Gasteiger partial charge in [0, 0.05) is 68.7 Å². The third-order valence-corrected chi connectivity index (χ3v) is 7.82. The second kappa shape index (κ2) is 11.6. The second-order valence-corrected chi connectivity index (χ2v) is 10.4. The molecule has 3 aromatic carbocycles. The summed E-state index contributed by atoms with van der Waals surface area (Å²) < 4.78 is 0. The minimum absolute atomic E-state index is 0.111. The molecule has 5 rings (SSSR count). The monoisotopic (exact) mass is 553 g/mol. The van der Waals surface area contributed by atoms with Crippen LogP contribution in [-0.4, -0.2) is 55.0 Å². The molecule has 198 valence electrons. The van der Waals surface area contributed by atoms with Crippen LogP contribution in [0.25, 0.3) is 0 Å². The van der Waals surface area contributed by atoms with Crippen molar-refractivity contribution < 1.29 is 9.72 Å². The van der Waals surface area contributed by atoms with E-state index < -0.39 is 10.8 Å². The van der Waals surface area contributed by atoms with Gasteiger partial charge < -0.3 is 15.1 Å². The fraction of sp³-hybridized carbons (Fsp3) is 0.321. The van der Waals surface area contributed by atoms with Gasteiger partial charge in [-0.2, -0.15) is 0 Å². The van der Waals surface area contributed by atoms with Gasteiger partial charge in [0.2, 0.25) is 0 Å². The first kappa shape index (κ1) is 26.3. The van der Waals surface area contributed by atoms with Gasteiger partial charge in [-0.15, -0.1) is 0 Å². The van der Waals surface area contributed by atoms with Crippen molar-refractivity contribution in [1.29, 1.82) is 0 Å². The highest BCUT2D eigenvalue weighted by atomic mass is 35.5.